The van der Waals surface area contributed by atoms with Crippen molar-refractivity contribution in [2.24, 2.45) is 0 Å². The van der Waals surface area contributed by atoms with Gasteiger partial charge in [0.05, 0.1) is 30.0 Å². The summed E-state index contributed by atoms with van der Waals surface area (Å²) in [5, 5.41) is 21.4. The number of amides is 1. The van der Waals surface area contributed by atoms with E-state index in [4.69, 9.17) is 18.6 Å². The highest BCUT2D eigenvalue weighted by atomic mass is 32.2. The fraction of sp³-hybridized carbons (Fsp3) is 0.348. The number of nitro benzene ring substituents is 1. The second kappa shape index (κ2) is 12.1. The highest BCUT2D eigenvalue weighted by molar-refractivity contribution is 8.00. The van der Waals surface area contributed by atoms with Gasteiger partial charge in [0, 0.05) is 11.6 Å². The number of anilines is 1. The predicted molar refractivity (Wildman–Crippen MR) is 130 cm³/mol. The van der Waals surface area contributed by atoms with E-state index < -0.39 is 16.1 Å². The SMILES string of the molecule is CCOc1cc(-c2nnc(S[C@@H](C)C(=O)Nc3ccccc3[N+](=O)[O-])o2)cc(OCC)c1OCC. The number of rotatable bonds is 12. The zero-order valence-corrected chi connectivity index (χ0v) is 20.6. The third-order valence-electron chi connectivity index (χ3n) is 4.57. The van der Waals surface area contributed by atoms with E-state index in [0.717, 1.165) is 11.8 Å². The molecule has 1 heterocycles. The van der Waals surface area contributed by atoms with Crippen molar-refractivity contribution < 1.29 is 28.3 Å². The Balaban J connectivity index is 1.79. The quantitative estimate of drug-likeness (QED) is 0.205. The molecule has 0 fully saturated rings. The molecule has 1 amide bonds. The summed E-state index contributed by atoms with van der Waals surface area (Å²) in [5.41, 5.74) is 0.489. The standard InChI is InChI=1S/C23H26N4O7S/c1-5-31-18-12-15(13-19(32-6-2)20(18)33-7-3)22-25-26-23(34-22)35-14(4)21(28)24-16-10-8-9-11-17(16)27(29)30/h8-14H,5-7H2,1-4H3,(H,24,28)/t14-/m0/s1. The fourth-order valence-electron chi connectivity index (χ4n) is 3.06. The molecule has 11 nitrogen and oxygen atoms in total. The Hall–Kier alpha value is -3.80. The number of carbonyl (C=O) groups excluding carboxylic acids is 1. The minimum atomic E-state index is -0.665. The first-order chi connectivity index (χ1) is 16.9. The van der Waals surface area contributed by atoms with Gasteiger partial charge in [-0.3, -0.25) is 14.9 Å². The Morgan fingerprint density at radius 2 is 1.71 bits per heavy atom. The number of benzene rings is 2. The van der Waals surface area contributed by atoms with E-state index in [1.54, 1.807) is 25.1 Å². The van der Waals surface area contributed by atoms with Gasteiger partial charge >= 0.3 is 0 Å². The van der Waals surface area contributed by atoms with Crippen LogP contribution >= 0.6 is 11.8 Å². The number of hydrogen-bond acceptors (Lipinski definition) is 10. The molecule has 0 aliphatic rings. The number of nitrogens with zero attached hydrogens (tertiary/aromatic N) is 3. The lowest BCUT2D eigenvalue weighted by atomic mass is 10.2. The summed E-state index contributed by atoms with van der Waals surface area (Å²) in [6.45, 7) is 8.51. The number of aromatic nitrogens is 2. The van der Waals surface area contributed by atoms with Crippen molar-refractivity contribution >= 4 is 29.0 Å². The van der Waals surface area contributed by atoms with Crippen LogP contribution in [0.2, 0.25) is 0 Å². The first-order valence-electron chi connectivity index (χ1n) is 11.0. The number of nitro groups is 1. The fourth-order valence-corrected chi connectivity index (χ4v) is 3.75. The number of nitrogens with one attached hydrogen (secondary N) is 1. The van der Waals surface area contributed by atoms with E-state index in [1.165, 1.54) is 18.2 Å². The highest BCUT2D eigenvalue weighted by Crippen LogP contribution is 2.42. The summed E-state index contributed by atoms with van der Waals surface area (Å²) in [6.07, 6.45) is 0. The van der Waals surface area contributed by atoms with Crippen LogP contribution in [0.25, 0.3) is 11.5 Å². The van der Waals surface area contributed by atoms with Crippen LogP contribution in [-0.2, 0) is 4.79 Å². The van der Waals surface area contributed by atoms with Crippen molar-refractivity contribution in [2.75, 3.05) is 25.1 Å². The van der Waals surface area contributed by atoms with Crippen molar-refractivity contribution in [1.29, 1.82) is 0 Å². The lowest BCUT2D eigenvalue weighted by Crippen LogP contribution is -2.22. The molecule has 0 spiro atoms. The van der Waals surface area contributed by atoms with E-state index in [-0.39, 0.29) is 22.5 Å². The molecule has 12 heteroatoms. The Morgan fingerprint density at radius 1 is 1.09 bits per heavy atom. The first-order valence-corrected chi connectivity index (χ1v) is 11.9. The smallest absolute Gasteiger partial charge is 0.292 e. The molecule has 2 aromatic carbocycles. The van der Waals surface area contributed by atoms with Crippen LogP contribution in [0.3, 0.4) is 0 Å². The average molecular weight is 503 g/mol. The van der Waals surface area contributed by atoms with Crippen LogP contribution < -0.4 is 19.5 Å². The summed E-state index contributed by atoms with van der Waals surface area (Å²) < 4.78 is 22.9. The summed E-state index contributed by atoms with van der Waals surface area (Å²) in [5.74, 6) is 1.24. The van der Waals surface area contributed by atoms with E-state index in [2.05, 4.69) is 15.5 Å². The Bertz CT molecular complexity index is 1160. The van der Waals surface area contributed by atoms with Gasteiger partial charge < -0.3 is 23.9 Å². The lowest BCUT2D eigenvalue weighted by molar-refractivity contribution is -0.383. The summed E-state index contributed by atoms with van der Waals surface area (Å²) in [7, 11) is 0. The molecular formula is C23H26N4O7S. The van der Waals surface area contributed by atoms with Crippen molar-refractivity contribution in [2.45, 2.75) is 38.2 Å². The van der Waals surface area contributed by atoms with Gasteiger partial charge in [0.25, 0.3) is 10.9 Å². The zero-order chi connectivity index (χ0) is 25.4. The normalized spacial score (nSPS) is 11.5. The molecule has 0 saturated heterocycles. The number of ether oxygens (including phenoxy) is 3. The maximum atomic E-state index is 12.6. The van der Waals surface area contributed by atoms with Crippen LogP contribution in [0.1, 0.15) is 27.7 Å². The summed E-state index contributed by atoms with van der Waals surface area (Å²) >= 11 is 1.03. The molecule has 1 aromatic heterocycles. The van der Waals surface area contributed by atoms with E-state index in [9.17, 15) is 14.9 Å². The monoisotopic (exact) mass is 502 g/mol. The van der Waals surface area contributed by atoms with Crippen LogP contribution in [0.15, 0.2) is 46.0 Å². The van der Waals surface area contributed by atoms with Crippen molar-refractivity contribution in [3.05, 3.63) is 46.5 Å². The van der Waals surface area contributed by atoms with Crippen LogP contribution in [0.4, 0.5) is 11.4 Å². The molecule has 0 unspecified atom stereocenters. The molecule has 1 N–H and O–H groups in total. The average Bonchev–Trinajstić information content (AvgIpc) is 3.30. The number of para-hydroxylation sites is 2. The molecule has 0 bridgehead atoms. The molecule has 35 heavy (non-hydrogen) atoms. The molecule has 3 aromatic rings. The zero-order valence-electron chi connectivity index (χ0n) is 19.8. The van der Waals surface area contributed by atoms with E-state index >= 15 is 0 Å². The number of carbonyl (C=O) groups is 1. The van der Waals surface area contributed by atoms with Gasteiger partial charge in [-0.15, -0.1) is 10.2 Å². The van der Waals surface area contributed by atoms with Crippen molar-refractivity contribution in [1.82, 2.24) is 10.2 Å². The third-order valence-corrected chi connectivity index (χ3v) is 5.50. The summed E-state index contributed by atoms with van der Waals surface area (Å²) in [4.78, 5) is 23.2. The van der Waals surface area contributed by atoms with Gasteiger partial charge in [0.1, 0.15) is 5.69 Å². The minimum absolute atomic E-state index is 0.113. The largest absolute Gasteiger partial charge is 0.490 e. The highest BCUT2D eigenvalue weighted by Gasteiger charge is 2.23. The third kappa shape index (κ3) is 6.41. The van der Waals surface area contributed by atoms with Crippen LogP contribution in [0.5, 0.6) is 17.2 Å². The molecule has 0 aliphatic carbocycles. The van der Waals surface area contributed by atoms with E-state index in [0.29, 0.717) is 42.6 Å². The molecule has 0 saturated carbocycles. The van der Waals surface area contributed by atoms with Crippen LogP contribution in [0, 0.1) is 10.1 Å². The van der Waals surface area contributed by atoms with Gasteiger partial charge in [-0.2, -0.15) is 0 Å². The predicted octanol–water partition coefficient (Wildman–Crippen LogP) is 4.96. The van der Waals surface area contributed by atoms with Gasteiger partial charge in [-0.1, -0.05) is 23.9 Å². The second-order valence-corrected chi connectivity index (χ2v) is 8.29. The maximum absolute atomic E-state index is 12.6. The van der Waals surface area contributed by atoms with Crippen molar-refractivity contribution in [3.63, 3.8) is 0 Å². The molecule has 1 atom stereocenters. The van der Waals surface area contributed by atoms with Gasteiger partial charge in [-0.05, 0) is 45.9 Å². The summed E-state index contributed by atoms with van der Waals surface area (Å²) in [6, 6.07) is 9.38. The van der Waals surface area contributed by atoms with Gasteiger partial charge in [-0.25, -0.2) is 0 Å². The topological polar surface area (TPSA) is 139 Å². The second-order valence-electron chi connectivity index (χ2n) is 7.00. The maximum Gasteiger partial charge on any atom is 0.292 e. The van der Waals surface area contributed by atoms with E-state index in [1.807, 2.05) is 20.8 Å². The van der Waals surface area contributed by atoms with Gasteiger partial charge in [0.15, 0.2) is 11.5 Å². The Labute approximate surface area is 206 Å². The minimum Gasteiger partial charge on any atom is -0.490 e. The van der Waals surface area contributed by atoms with Crippen molar-refractivity contribution in [3.8, 4) is 28.7 Å². The lowest BCUT2D eigenvalue weighted by Gasteiger charge is -2.16. The Morgan fingerprint density at radius 3 is 2.31 bits per heavy atom. The van der Waals surface area contributed by atoms with Crippen LogP contribution in [-0.4, -0.2) is 46.1 Å². The number of hydrogen-bond donors (Lipinski definition) is 1. The molecule has 0 aliphatic heterocycles. The molecule has 3 rings (SSSR count). The first kappa shape index (κ1) is 25.8. The Kier molecular flexibility index (Phi) is 8.90. The van der Waals surface area contributed by atoms with Gasteiger partial charge in [0.2, 0.25) is 17.5 Å². The number of thioether (sulfide) groups is 1. The molecular weight excluding hydrogens is 476 g/mol. The molecule has 186 valence electrons. The molecule has 0 radical (unpaired) electrons.